The fourth-order valence-electron chi connectivity index (χ4n) is 3.42. The molecule has 1 aliphatic rings. The Morgan fingerprint density at radius 2 is 1.92 bits per heavy atom. The lowest BCUT2D eigenvalue weighted by Gasteiger charge is -2.36. The summed E-state index contributed by atoms with van der Waals surface area (Å²) in [7, 11) is 1.76. The second kappa shape index (κ2) is 10.9. The van der Waals surface area contributed by atoms with Gasteiger partial charge < -0.3 is 31.0 Å². The second-order valence-corrected chi connectivity index (χ2v) is 9.34. The molecule has 1 aliphatic heterocycles. The number of carbonyl (C=O) groups excluding carboxylic acids is 1. The summed E-state index contributed by atoms with van der Waals surface area (Å²) < 4.78 is 45.6. The van der Waals surface area contributed by atoms with Crippen molar-refractivity contribution in [2.75, 3.05) is 35.7 Å². The molecule has 0 aliphatic carbocycles. The second-order valence-electron chi connectivity index (χ2n) is 9.34. The molecule has 12 heteroatoms. The Bertz CT molecular complexity index is 1160. The van der Waals surface area contributed by atoms with Gasteiger partial charge in [0.15, 0.2) is 23.3 Å². The van der Waals surface area contributed by atoms with Gasteiger partial charge in [-0.2, -0.15) is 4.98 Å². The van der Waals surface area contributed by atoms with Crippen molar-refractivity contribution in [3.8, 4) is 0 Å². The third kappa shape index (κ3) is 6.51. The molecule has 9 nitrogen and oxygen atoms in total. The van der Waals surface area contributed by atoms with E-state index in [1.165, 1.54) is 6.20 Å². The summed E-state index contributed by atoms with van der Waals surface area (Å²) in [4.78, 5) is 23.3. The highest BCUT2D eigenvalue weighted by molar-refractivity contribution is 6.03. The van der Waals surface area contributed by atoms with Gasteiger partial charge in [0.05, 0.1) is 17.9 Å². The SMILES string of the molecule is Cc1nc(NC/C(C=N)=C/NCc2cc(F)c(F)c(F)c2)nc2c1NC(=O)[C@H](COC(C)(C)C)N2C. The predicted molar refractivity (Wildman–Crippen MR) is 132 cm³/mol. The van der Waals surface area contributed by atoms with Crippen molar-refractivity contribution in [3.63, 3.8) is 0 Å². The first kappa shape index (κ1) is 26.9. The maximum atomic E-state index is 13.4. The molecule has 4 N–H and O–H groups in total. The van der Waals surface area contributed by atoms with Gasteiger partial charge in [-0.25, -0.2) is 18.2 Å². The van der Waals surface area contributed by atoms with Gasteiger partial charge >= 0.3 is 0 Å². The van der Waals surface area contributed by atoms with Crippen LogP contribution in [-0.2, 0) is 16.1 Å². The van der Waals surface area contributed by atoms with Crippen LogP contribution in [0.4, 0.5) is 30.6 Å². The van der Waals surface area contributed by atoms with Crippen LogP contribution in [0.3, 0.4) is 0 Å². The Kier molecular flexibility index (Phi) is 8.18. The van der Waals surface area contributed by atoms with Crippen molar-refractivity contribution in [2.24, 2.45) is 0 Å². The number of aryl methyl sites for hydroxylation is 1. The average Bonchev–Trinajstić information content (AvgIpc) is 2.79. The molecule has 1 aromatic heterocycles. The van der Waals surface area contributed by atoms with Crippen LogP contribution in [0, 0.1) is 29.8 Å². The normalized spacial score (nSPS) is 15.9. The first-order valence-corrected chi connectivity index (χ1v) is 11.3. The molecule has 36 heavy (non-hydrogen) atoms. The zero-order valence-electron chi connectivity index (χ0n) is 20.8. The zero-order chi connectivity index (χ0) is 26.6. The van der Waals surface area contributed by atoms with E-state index in [0.717, 1.165) is 18.3 Å². The molecule has 3 rings (SSSR count). The lowest BCUT2D eigenvalue weighted by Crippen LogP contribution is -2.50. The highest BCUT2D eigenvalue weighted by Crippen LogP contribution is 2.32. The van der Waals surface area contributed by atoms with E-state index in [1.54, 1.807) is 18.9 Å². The number of amides is 1. The van der Waals surface area contributed by atoms with Gasteiger partial charge in [0.2, 0.25) is 11.9 Å². The summed E-state index contributed by atoms with van der Waals surface area (Å²) in [6.07, 6.45) is 2.60. The van der Waals surface area contributed by atoms with E-state index >= 15 is 0 Å². The summed E-state index contributed by atoms with van der Waals surface area (Å²) >= 11 is 0. The molecule has 0 saturated carbocycles. The lowest BCUT2D eigenvalue weighted by molar-refractivity contribution is -0.120. The molecule has 1 amide bonds. The number of ether oxygens (including phenoxy) is 1. The van der Waals surface area contributed by atoms with Crippen LogP contribution in [0.1, 0.15) is 32.0 Å². The number of halogens is 3. The van der Waals surface area contributed by atoms with E-state index in [0.29, 0.717) is 28.7 Å². The van der Waals surface area contributed by atoms with Crippen LogP contribution in [0.25, 0.3) is 0 Å². The van der Waals surface area contributed by atoms with Gasteiger partial charge in [-0.15, -0.1) is 0 Å². The standard InChI is InChI=1S/C24H30F3N7O2/c1-13-20-21(34(5)18(22(35)32-20)12-36-24(2,3)4)33-23(31-13)30-11-15(8-28)10-29-9-14-6-16(25)19(27)17(26)7-14/h6-8,10,18,28-29H,9,11-12H2,1-5H3,(H,32,35)(H,30,31,33)/b15-10+,28-8?/t18-/m0/s1. The fraction of sp³-hybridized carbons (Fsp3) is 0.417. The molecule has 194 valence electrons. The van der Waals surface area contributed by atoms with Crippen LogP contribution >= 0.6 is 0 Å². The fourth-order valence-corrected chi connectivity index (χ4v) is 3.42. The van der Waals surface area contributed by atoms with Gasteiger partial charge in [-0.3, -0.25) is 4.79 Å². The van der Waals surface area contributed by atoms with E-state index in [9.17, 15) is 18.0 Å². The molecule has 1 atom stereocenters. The predicted octanol–water partition coefficient (Wildman–Crippen LogP) is 3.51. The molecule has 0 spiro atoms. The molecular formula is C24H30F3N7O2. The van der Waals surface area contributed by atoms with E-state index in [1.807, 2.05) is 20.8 Å². The molecule has 0 unspecified atom stereocenters. The number of likely N-dealkylation sites (N-methyl/N-ethyl adjacent to an activating group) is 1. The van der Waals surface area contributed by atoms with Crippen LogP contribution in [-0.4, -0.2) is 53.9 Å². The minimum Gasteiger partial charge on any atom is -0.386 e. The molecule has 0 radical (unpaired) electrons. The quantitative estimate of drug-likeness (QED) is 0.305. The summed E-state index contributed by atoms with van der Waals surface area (Å²) in [5, 5.41) is 16.4. The minimum atomic E-state index is -1.52. The molecule has 0 fully saturated rings. The van der Waals surface area contributed by atoms with Crippen molar-refractivity contribution >= 4 is 29.6 Å². The Labute approximate surface area is 207 Å². The van der Waals surface area contributed by atoms with Crippen LogP contribution in [0.2, 0.25) is 0 Å². The van der Waals surface area contributed by atoms with E-state index in [2.05, 4.69) is 25.9 Å². The smallest absolute Gasteiger partial charge is 0.249 e. The molecule has 2 heterocycles. The largest absolute Gasteiger partial charge is 0.386 e. The Morgan fingerprint density at radius 3 is 2.53 bits per heavy atom. The number of fused-ring (bicyclic) bond motifs is 1. The topological polar surface area (TPSA) is 115 Å². The van der Waals surface area contributed by atoms with Crippen molar-refractivity contribution in [3.05, 3.63) is 52.6 Å². The van der Waals surface area contributed by atoms with Crippen LogP contribution in [0.15, 0.2) is 23.9 Å². The van der Waals surface area contributed by atoms with E-state index in [4.69, 9.17) is 10.1 Å². The number of rotatable bonds is 9. The first-order chi connectivity index (χ1) is 16.9. The number of hydrogen-bond acceptors (Lipinski definition) is 8. The summed E-state index contributed by atoms with van der Waals surface area (Å²) in [5.41, 5.74) is 1.39. The minimum absolute atomic E-state index is 0.0302. The van der Waals surface area contributed by atoms with E-state index < -0.39 is 29.1 Å². The van der Waals surface area contributed by atoms with Gasteiger partial charge in [0, 0.05) is 38.1 Å². The van der Waals surface area contributed by atoms with Gasteiger partial charge in [-0.05, 0) is 45.4 Å². The monoisotopic (exact) mass is 505 g/mol. The third-order valence-electron chi connectivity index (χ3n) is 5.37. The Morgan fingerprint density at radius 1 is 1.25 bits per heavy atom. The maximum absolute atomic E-state index is 13.4. The number of nitrogens with zero attached hydrogens (tertiary/aromatic N) is 3. The highest BCUT2D eigenvalue weighted by atomic mass is 19.2. The third-order valence-corrected chi connectivity index (χ3v) is 5.37. The summed E-state index contributed by atoms with van der Waals surface area (Å²) in [6.45, 7) is 7.88. The van der Waals surface area contributed by atoms with Gasteiger partial charge in [0.25, 0.3) is 0 Å². The molecular weight excluding hydrogens is 475 g/mol. The number of nitrogens with one attached hydrogen (secondary N) is 4. The van der Waals surface area contributed by atoms with Crippen molar-refractivity contribution in [1.29, 1.82) is 5.41 Å². The number of carbonyl (C=O) groups is 1. The molecule has 0 bridgehead atoms. The van der Waals surface area contributed by atoms with Gasteiger partial charge in [0.1, 0.15) is 11.7 Å². The summed E-state index contributed by atoms with van der Waals surface area (Å²) in [5.74, 6) is -3.43. The number of anilines is 3. The lowest BCUT2D eigenvalue weighted by atomic mass is 10.1. The molecule has 1 aromatic carbocycles. The first-order valence-electron chi connectivity index (χ1n) is 11.3. The maximum Gasteiger partial charge on any atom is 0.249 e. The molecule has 0 saturated heterocycles. The average molecular weight is 506 g/mol. The van der Waals surface area contributed by atoms with Crippen molar-refractivity contribution in [2.45, 2.75) is 45.9 Å². The summed E-state index contributed by atoms with van der Waals surface area (Å²) in [6, 6.07) is 1.24. The Hall–Kier alpha value is -3.67. The number of aromatic nitrogens is 2. The number of benzene rings is 1. The van der Waals surface area contributed by atoms with Crippen molar-refractivity contribution < 1.29 is 22.7 Å². The van der Waals surface area contributed by atoms with Gasteiger partial charge in [-0.1, -0.05) is 0 Å². The molecule has 2 aromatic rings. The number of hydrogen-bond donors (Lipinski definition) is 4. The van der Waals surface area contributed by atoms with Crippen LogP contribution < -0.4 is 20.9 Å². The Balaban J connectivity index is 1.68. The highest BCUT2D eigenvalue weighted by Gasteiger charge is 2.34. The van der Waals surface area contributed by atoms with Crippen LogP contribution in [0.5, 0.6) is 0 Å². The zero-order valence-corrected chi connectivity index (χ0v) is 20.8. The van der Waals surface area contributed by atoms with Crippen molar-refractivity contribution in [1.82, 2.24) is 15.3 Å². The van der Waals surface area contributed by atoms with E-state index in [-0.39, 0.29) is 31.2 Å².